The molecule has 0 aromatic carbocycles. The van der Waals surface area contributed by atoms with Crippen LogP contribution in [-0.4, -0.2) is 23.6 Å². The molecule has 1 aliphatic rings. The van der Waals surface area contributed by atoms with Gasteiger partial charge >= 0.3 is 0 Å². The minimum Gasteiger partial charge on any atom is -0.313 e. The van der Waals surface area contributed by atoms with Crippen molar-refractivity contribution in [1.29, 1.82) is 0 Å². The van der Waals surface area contributed by atoms with E-state index in [1.165, 1.54) is 33.7 Å². The lowest BCUT2D eigenvalue weighted by Gasteiger charge is -2.23. The number of rotatable bonds is 5. The van der Waals surface area contributed by atoms with E-state index in [-0.39, 0.29) is 0 Å². The molecule has 16 heavy (non-hydrogen) atoms. The van der Waals surface area contributed by atoms with Gasteiger partial charge in [-0.25, -0.2) is 0 Å². The molecule has 1 saturated heterocycles. The highest BCUT2D eigenvalue weighted by atomic mass is 79.9. The van der Waals surface area contributed by atoms with Crippen LogP contribution in [0.1, 0.15) is 24.6 Å². The minimum absolute atomic E-state index is 0.656. The van der Waals surface area contributed by atoms with Crippen LogP contribution in [0.4, 0.5) is 0 Å². The van der Waals surface area contributed by atoms with E-state index >= 15 is 0 Å². The summed E-state index contributed by atoms with van der Waals surface area (Å²) in [6.45, 7) is 3.28. The summed E-state index contributed by atoms with van der Waals surface area (Å²) in [6.07, 6.45) is 3.96. The van der Waals surface area contributed by atoms with E-state index in [0.717, 1.165) is 11.8 Å². The molecule has 0 saturated carbocycles. The quantitative estimate of drug-likeness (QED) is 0.882. The summed E-state index contributed by atoms with van der Waals surface area (Å²) in [7, 11) is 0. The first kappa shape index (κ1) is 12.9. The largest absolute Gasteiger partial charge is 0.313 e. The van der Waals surface area contributed by atoms with Crippen molar-refractivity contribution >= 4 is 39.0 Å². The summed E-state index contributed by atoms with van der Waals surface area (Å²) in [5.74, 6) is 1.35. The summed E-state index contributed by atoms with van der Waals surface area (Å²) >= 11 is 7.55. The molecular formula is C12H18BrNS2. The van der Waals surface area contributed by atoms with E-state index < -0.39 is 0 Å². The molecule has 4 heteroatoms. The fourth-order valence-electron chi connectivity index (χ4n) is 2.20. The molecule has 2 rings (SSSR count). The number of halogens is 1. The number of thioether (sulfide) groups is 1. The number of hydrogen-bond acceptors (Lipinski definition) is 3. The fraction of sp³-hybridized carbons (Fsp3) is 0.667. The van der Waals surface area contributed by atoms with Gasteiger partial charge in [-0.2, -0.15) is 11.8 Å². The third kappa shape index (κ3) is 3.49. The van der Waals surface area contributed by atoms with Gasteiger partial charge in [0.15, 0.2) is 0 Å². The zero-order valence-corrected chi connectivity index (χ0v) is 12.8. The van der Waals surface area contributed by atoms with Crippen LogP contribution in [0.3, 0.4) is 0 Å². The molecule has 0 bridgehead atoms. The SMILES string of the molecule is CCNC(Cc1ccc(Br)s1)C1CCCS1. The van der Waals surface area contributed by atoms with Gasteiger partial charge in [0.2, 0.25) is 0 Å². The number of thiophene rings is 1. The molecule has 0 spiro atoms. The van der Waals surface area contributed by atoms with E-state index in [1.54, 1.807) is 0 Å². The molecule has 1 N–H and O–H groups in total. The Morgan fingerprint density at radius 2 is 2.44 bits per heavy atom. The maximum Gasteiger partial charge on any atom is 0.0701 e. The van der Waals surface area contributed by atoms with Gasteiger partial charge < -0.3 is 5.32 Å². The number of hydrogen-bond donors (Lipinski definition) is 1. The molecule has 2 heterocycles. The summed E-state index contributed by atoms with van der Waals surface area (Å²) < 4.78 is 1.25. The molecule has 0 amide bonds. The second-order valence-electron chi connectivity index (χ2n) is 4.13. The summed E-state index contributed by atoms with van der Waals surface area (Å²) in [6, 6.07) is 5.06. The number of likely N-dealkylation sites (N-methyl/N-ethyl adjacent to an activating group) is 1. The molecule has 1 aromatic rings. The molecule has 1 aromatic heterocycles. The van der Waals surface area contributed by atoms with E-state index in [4.69, 9.17) is 0 Å². The average Bonchev–Trinajstić information content (AvgIpc) is 2.88. The van der Waals surface area contributed by atoms with Crippen LogP contribution in [0.25, 0.3) is 0 Å². The van der Waals surface area contributed by atoms with E-state index in [2.05, 4.69) is 52.1 Å². The van der Waals surface area contributed by atoms with Gasteiger partial charge in [-0.15, -0.1) is 11.3 Å². The molecular weight excluding hydrogens is 302 g/mol. The Morgan fingerprint density at radius 1 is 1.56 bits per heavy atom. The lowest BCUT2D eigenvalue weighted by atomic mass is 10.1. The lowest BCUT2D eigenvalue weighted by molar-refractivity contribution is 0.498. The first-order chi connectivity index (χ1) is 7.79. The third-order valence-corrected chi connectivity index (χ3v) is 6.09. The Morgan fingerprint density at radius 3 is 3.00 bits per heavy atom. The van der Waals surface area contributed by atoms with Gasteiger partial charge in [-0.05, 0) is 59.6 Å². The Kier molecular flexibility index (Phi) is 5.20. The van der Waals surface area contributed by atoms with E-state index in [0.29, 0.717) is 6.04 Å². The maximum absolute atomic E-state index is 3.65. The van der Waals surface area contributed by atoms with E-state index in [1.807, 2.05) is 11.3 Å². The first-order valence-corrected chi connectivity index (χ1v) is 8.54. The standard InChI is InChI=1S/C12H18BrNS2/c1-2-14-10(11-4-3-7-15-11)8-9-5-6-12(13)16-9/h5-6,10-11,14H,2-4,7-8H2,1H3. The van der Waals surface area contributed by atoms with Gasteiger partial charge in [0, 0.05) is 16.2 Å². The maximum atomic E-state index is 3.65. The van der Waals surface area contributed by atoms with Crippen molar-refractivity contribution in [2.45, 2.75) is 37.5 Å². The molecule has 2 atom stereocenters. The molecule has 0 radical (unpaired) electrons. The second kappa shape index (κ2) is 6.43. The predicted octanol–water partition coefficient (Wildman–Crippen LogP) is 3.93. The van der Waals surface area contributed by atoms with E-state index in [9.17, 15) is 0 Å². The van der Waals surface area contributed by atoms with Crippen molar-refractivity contribution in [3.63, 3.8) is 0 Å². The average molecular weight is 320 g/mol. The highest BCUT2D eigenvalue weighted by Gasteiger charge is 2.25. The molecule has 1 aliphatic heterocycles. The normalized spacial score (nSPS) is 22.5. The topological polar surface area (TPSA) is 12.0 Å². The molecule has 1 nitrogen and oxygen atoms in total. The monoisotopic (exact) mass is 319 g/mol. The van der Waals surface area contributed by atoms with Gasteiger partial charge in [-0.3, -0.25) is 0 Å². The Labute approximate surface area is 115 Å². The lowest BCUT2D eigenvalue weighted by Crippen LogP contribution is -2.38. The van der Waals surface area contributed by atoms with Crippen molar-refractivity contribution in [2.24, 2.45) is 0 Å². The van der Waals surface area contributed by atoms with Crippen LogP contribution in [-0.2, 0) is 6.42 Å². The molecule has 0 aliphatic carbocycles. The van der Waals surface area contributed by atoms with Crippen LogP contribution >= 0.6 is 39.0 Å². The summed E-state index contributed by atoms with van der Waals surface area (Å²) in [4.78, 5) is 1.49. The predicted molar refractivity (Wildman–Crippen MR) is 78.7 cm³/mol. The van der Waals surface area contributed by atoms with Crippen molar-refractivity contribution in [3.8, 4) is 0 Å². The summed E-state index contributed by atoms with van der Waals surface area (Å²) in [5, 5.41) is 4.47. The zero-order chi connectivity index (χ0) is 11.4. The highest BCUT2D eigenvalue weighted by molar-refractivity contribution is 9.11. The van der Waals surface area contributed by atoms with Crippen LogP contribution in [0.5, 0.6) is 0 Å². The van der Waals surface area contributed by atoms with Crippen LogP contribution in [0.2, 0.25) is 0 Å². The molecule has 90 valence electrons. The smallest absolute Gasteiger partial charge is 0.0701 e. The van der Waals surface area contributed by atoms with Crippen LogP contribution in [0, 0.1) is 0 Å². The molecule has 1 fully saturated rings. The van der Waals surface area contributed by atoms with Crippen molar-refractivity contribution in [1.82, 2.24) is 5.32 Å². The Hall–Kier alpha value is 0.490. The van der Waals surface area contributed by atoms with Gasteiger partial charge in [0.05, 0.1) is 3.79 Å². The van der Waals surface area contributed by atoms with Crippen molar-refractivity contribution in [2.75, 3.05) is 12.3 Å². The summed E-state index contributed by atoms with van der Waals surface area (Å²) in [5.41, 5.74) is 0. The molecule has 2 unspecified atom stereocenters. The highest BCUT2D eigenvalue weighted by Crippen LogP contribution is 2.31. The van der Waals surface area contributed by atoms with Gasteiger partial charge in [-0.1, -0.05) is 6.92 Å². The number of nitrogens with one attached hydrogen (secondary N) is 1. The third-order valence-electron chi connectivity index (χ3n) is 2.93. The van der Waals surface area contributed by atoms with Crippen molar-refractivity contribution in [3.05, 3.63) is 20.8 Å². The second-order valence-corrected chi connectivity index (χ2v) is 8.02. The van der Waals surface area contributed by atoms with Crippen molar-refractivity contribution < 1.29 is 0 Å². The van der Waals surface area contributed by atoms with Crippen LogP contribution < -0.4 is 5.32 Å². The minimum atomic E-state index is 0.656. The van der Waals surface area contributed by atoms with Gasteiger partial charge in [0.1, 0.15) is 0 Å². The van der Waals surface area contributed by atoms with Gasteiger partial charge in [0.25, 0.3) is 0 Å². The first-order valence-electron chi connectivity index (χ1n) is 5.89. The fourth-order valence-corrected chi connectivity index (χ4v) is 5.13. The Bertz CT molecular complexity index is 321. The van der Waals surface area contributed by atoms with Crippen LogP contribution in [0.15, 0.2) is 15.9 Å². The Balaban J connectivity index is 1.96. The zero-order valence-electron chi connectivity index (χ0n) is 9.54.